The zero-order valence-electron chi connectivity index (χ0n) is 18.3. The van der Waals surface area contributed by atoms with Crippen molar-refractivity contribution in [1.82, 2.24) is 5.32 Å². The lowest BCUT2D eigenvalue weighted by atomic mass is 10.0. The fourth-order valence-corrected chi connectivity index (χ4v) is 4.87. The van der Waals surface area contributed by atoms with E-state index in [4.69, 9.17) is 16.3 Å². The molecule has 0 spiro atoms. The number of anilines is 1. The minimum absolute atomic E-state index is 0.129. The van der Waals surface area contributed by atoms with Crippen molar-refractivity contribution in [2.45, 2.75) is 45.7 Å². The maximum atomic E-state index is 13.6. The molecular weight excluding hydrogens is 443 g/mol. The normalized spacial score (nSPS) is 13.4. The molecule has 0 aliphatic carbocycles. The van der Waals surface area contributed by atoms with E-state index in [1.807, 2.05) is 32.0 Å². The first-order valence-electron chi connectivity index (χ1n) is 9.92. The summed E-state index contributed by atoms with van der Waals surface area (Å²) in [6, 6.07) is 7.88. The third-order valence-electron chi connectivity index (χ3n) is 5.03. The number of nitrogens with one attached hydrogen (secondary N) is 1. The van der Waals surface area contributed by atoms with E-state index in [1.54, 1.807) is 14.0 Å². The molecule has 0 aromatic heterocycles. The summed E-state index contributed by atoms with van der Waals surface area (Å²) in [7, 11) is -2.26. The van der Waals surface area contributed by atoms with Gasteiger partial charge in [0.25, 0.3) is 0 Å². The van der Waals surface area contributed by atoms with Crippen LogP contribution in [-0.4, -0.2) is 33.7 Å². The monoisotopic (exact) mass is 470 g/mol. The number of benzene rings is 2. The highest BCUT2D eigenvalue weighted by Gasteiger charge is 2.33. The quantitative estimate of drug-likeness (QED) is 0.580. The number of sulfonamides is 1. The number of ether oxygens (including phenoxy) is 1. The van der Waals surface area contributed by atoms with Crippen LogP contribution < -0.4 is 14.4 Å². The average Bonchev–Trinajstić information content (AvgIpc) is 2.71. The molecular formula is C22H28ClFN2O4S. The maximum absolute atomic E-state index is 13.6. The predicted octanol–water partition coefficient (Wildman–Crippen LogP) is 4.61. The summed E-state index contributed by atoms with van der Waals surface area (Å²) in [5.41, 5.74) is 1.95. The van der Waals surface area contributed by atoms with E-state index in [0.29, 0.717) is 6.42 Å². The summed E-state index contributed by atoms with van der Waals surface area (Å²) in [6.45, 7) is 5.56. The number of rotatable bonds is 9. The van der Waals surface area contributed by atoms with E-state index in [1.165, 1.54) is 12.1 Å². The van der Waals surface area contributed by atoms with Gasteiger partial charge in [-0.3, -0.25) is 9.10 Å². The van der Waals surface area contributed by atoms with E-state index in [-0.39, 0.29) is 23.2 Å². The zero-order valence-corrected chi connectivity index (χ0v) is 19.8. The first kappa shape index (κ1) is 24.9. The Bertz CT molecular complexity index is 1050. The summed E-state index contributed by atoms with van der Waals surface area (Å²) >= 11 is 5.85. The number of halogens is 2. The summed E-state index contributed by atoms with van der Waals surface area (Å²) in [6.07, 6.45) is 1.82. The Balaban J connectivity index is 2.38. The van der Waals surface area contributed by atoms with Crippen molar-refractivity contribution >= 4 is 33.2 Å². The van der Waals surface area contributed by atoms with Crippen molar-refractivity contribution in [3.8, 4) is 5.75 Å². The molecule has 0 saturated carbocycles. The van der Waals surface area contributed by atoms with Gasteiger partial charge in [0, 0.05) is 0 Å². The van der Waals surface area contributed by atoms with Gasteiger partial charge in [-0.15, -0.1) is 0 Å². The van der Waals surface area contributed by atoms with Crippen LogP contribution in [-0.2, 0) is 14.8 Å². The van der Waals surface area contributed by atoms with Crippen molar-refractivity contribution in [2.24, 2.45) is 0 Å². The number of carbonyl (C=O) groups is 1. The first-order valence-corrected chi connectivity index (χ1v) is 12.1. The van der Waals surface area contributed by atoms with Crippen LogP contribution in [0.4, 0.5) is 10.1 Å². The molecule has 0 heterocycles. The molecule has 2 atom stereocenters. The second-order valence-corrected chi connectivity index (χ2v) is 9.55. The number of aryl methyl sites for hydroxylation is 1. The number of nitrogens with zero attached hydrogens (tertiary/aromatic N) is 1. The van der Waals surface area contributed by atoms with E-state index in [0.717, 1.165) is 33.5 Å². The molecule has 2 aromatic carbocycles. The Morgan fingerprint density at radius 1 is 1.19 bits per heavy atom. The van der Waals surface area contributed by atoms with Crippen LogP contribution in [0.15, 0.2) is 36.4 Å². The molecule has 0 bridgehead atoms. The van der Waals surface area contributed by atoms with Gasteiger partial charge in [0.05, 0.1) is 30.1 Å². The van der Waals surface area contributed by atoms with Crippen molar-refractivity contribution in [3.63, 3.8) is 0 Å². The molecule has 0 saturated heterocycles. The lowest BCUT2D eigenvalue weighted by Crippen LogP contribution is -2.50. The Labute approximate surface area is 188 Å². The summed E-state index contributed by atoms with van der Waals surface area (Å²) in [5.74, 6) is -0.376. The number of amides is 1. The third kappa shape index (κ3) is 5.89. The van der Waals surface area contributed by atoms with Crippen LogP contribution in [0.5, 0.6) is 5.75 Å². The Kier molecular flexibility index (Phi) is 8.31. The van der Waals surface area contributed by atoms with Gasteiger partial charge < -0.3 is 10.1 Å². The summed E-state index contributed by atoms with van der Waals surface area (Å²) in [5, 5.41) is 2.73. The Hall–Kier alpha value is -2.32. The van der Waals surface area contributed by atoms with E-state index < -0.39 is 27.8 Å². The summed E-state index contributed by atoms with van der Waals surface area (Å²) in [4.78, 5) is 13.2. The highest BCUT2D eigenvalue weighted by Crippen LogP contribution is 2.29. The molecule has 1 N–H and O–H groups in total. The average molecular weight is 471 g/mol. The van der Waals surface area contributed by atoms with Crippen LogP contribution in [0.2, 0.25) is 5.02 Å². The largest absolute Gasteiger partial charge is 0.496 e. The van der Waals surface area contributed by atoms with Crippen LogP contribution in [0.3, 0.4) is 0 Å². The van der Waals surface area contributed by atoms with Gasteiger partial charge in [0.1, 0.15) is 17.6 Å². The van der Waals surface area contributed by atoms with Crippen molar-refractivity contribution in [3.05, 3.63) is 58.4 Å². The Morgan fingerprint density at radius 2 is 1.87 bits per heavy atom. The molecule has 6 nitrogen and oxygen atoms in total. The van der Waals surface area contributed by atoms with Gasteiger partial charge in [-0.05, 0) is 55.2 Å². The highest BCUT2D eigenvalue weighted by atomic mass is 35.5. The highest BCUT2D eigenvalue weighted by molar-refractivity contribution is 7.92. The van der Waals surface area contributed by atoms with Crippen molar-refractivity contribution in [2.75, 3.05) is 17.7 Å². The maximum Gasteiger partial charge on any atom is 0.244 e. The molecule has 0 unspecified atom stereocenters. The molecule has 0 radical (unpaired) electrons. The van der Waals surface area contributed by atoms with Crippen LogP contribution in [0.1, 0.15) is 43.9 Å². The molecule has 2 aromatic rings. The van der Waals surface area contributed by atoms with Gasteiger partial charge >= 0.3 is 0 Å². The van der Waals surface area contributed by atoms with Crippen molar-refractivity contribution < 1.29 is 22.3 Å². The minimum atomic E-state index is -3.85. The second-order valence-electron chi connectivity index (χ2n) is 7.28. The van der Waals surface area contributed by atoms with Gasteiger partial charge in [-0.2, -0.15) is 0 Å². The SMILES string of the molecule is CC[C@@H](NC(=O)[C@H](CC)N(c1ccc(F)c(Cl)c1)S(C)(=O)=O)c1ccc(OC)c(C)c1. The second kappa shape index (κ2) is 10.3. The number of methoxy groups -OCH3 is 1. The molecule has 31 heavy (non-hydrogen) atoms. The number of carbonyl (C=O) groups excluding carboxylic acids is 1. The van der Waals surface area contributed by atoms with Gasteiger partial charge in [-0.1, -0.05) is 37.6 Å². The molecule has 9 heteroatoms. The first-order chi connectivity index (χ1) is 14.5. The van der Waals surface area contributed by atoms with Crippen LogP contribution in [0, 0.1) is 12.7 Å². The smallest absolute Gasteiger partial charge is 0.244 e. The van der Waals surface area contributed by atoms with Gasteiger partial charge in [-0.25, -0.2) is 12.8 Å². The molecule has 170 valence electrons. The van der Waals surface area contributed by atoms with E-state index >= 15 is 0 Å². The van der Waals surface area contributed by atoms with Gasteiger partial charge in [0.2, 0.25) is 15.9 Å². The standard InChI is InChI=1S/C22H28ClFN2O4S/c1-6-19(15-8-11-21(30-4)14(3)12-15)25-22(27)20(7-2)26(31(5,28)29)16-9-10-18(24)17(23)13-16/h8-13,19-20H,6-7H2,1-5H3,(H,25,27)/t19-,20+/m1/s1. The minimum Gasteiger partial charge on any atom is -0.496 e. The summed E-state index contributed by atoms with van der Waals surface area (Å²) < 4.78 is 45.0. The van der Waals surface area contributed by atoms with E-state index in [2.05, 4.69) is 5.32 Å². The van der Waals surface area contributed by atoms with Crippen molar-refractivity contribution in [1.29, 1.82) is 0 Å². The topological polar surface area (TPSA) is 75.7 Å². The zero-order chi connectivity index (χ0) is 23.3. The molecule has 0 aliphatic heterocycles. The Morgan fingerprint density at radius 3 is 2.35 bits per heavy atom. The molecule has 2 rings (SSSR count). The van der Waals surface area contributed by atoms with Crippen LogP contribution in [0.25, 0.3) is 0 Å². The van der Waals surface area contributed by atoms with Gasteiger partial charge in [0.15, 0.2) is 0 Å². The fraction of sp³-hybridized carbons (Fsp3) is 0.409. The third-order valence-corrected chi connectivity index (χ3v) is 6.50. The molecule has 0 fully saturated rings. The predicted molar refractivity (Wildman–Crippen MR) is 122 cm³/mol. The molecule has 1 amide bonds. The van der Waals surface area contributed by atoms with E-state index in [9.17, 15) is 17.6 Å². The fourth-order valence-electron chi connectivity index (χ4n) is 3.49. The van der Waals surface area contributed by atoms with Crippen LogP contribution >= 0.6 is 11.6 Å². The number of hydrogen-bond acceptors (Lipinski definition) is 4. The lowest BCUT2D eigenvalue weighted by Gasteiger charge is -2.31. The number of hydrogen-bond donors (Lipinski definition) is 1. The lowest BCUT2D eigenvalue weighted by molar-refractivity contribution is -0.123. The molecule has 0 aliphatic rings.